The van der Waals surface area contributed by atoms with E-state index in [9.17, 15) is 5.26 Å². The average molecular weight is 721 g/mol. The van der Waals surface area contributed by atoms with Crippen LogP contribution < -0.4 is 0 Å². The number of rotatable bonds is 6. The molecule has 3 saturated carbocycles. The standard InChI is InChI=1S/C52H40N4/c1-52(29-41-27-39-28-42(30-52)48(39)41)43-21-19-33(20-22-43)37-24-38(36-14-6-9-32(23-36)31-53)26-40(25-37)49-54-50(46-17-7-12-34-10-2-4-15-44(34)46)56-51(55-49)47-18-8-13-35-11-3-5-16-45(35)47/h2-26,39,41-42,48H,27-30H2,1H3/t39?,41-,42+,48?,52?. The highest BCUT2D eigenvalue weighted by atomic mass is 15.0. The van der Waals surface area contributed by atoms with Gasteiger partial charge in [-0.2, -0.15) is 5.26 Å². The molecule has 3 aliphatic carbocycles. The summed E-state index contributed by atoms with van der Waals surface area (Å²) in [6.07, 6.45) is 5.52. The van der Waals surface area contributed by atoms with Gasteiger partial charge in [-0.1, -0.05) is 128 Å². The molecule has 0 N–H and O–H groups in total. The summed E-state index contributed by atoms with van der Waals surface area (Å²) in [6, 6.07) is 55.6. The molecule has 3 fully saturated rings. The second-order valence-electron chi connectivity index (χ2n) is 16.7. The zero-order valence-electron chi connectivity index (χ0n) is 31.4. The van der Waals surface area contributed by atoms with E-state index in [1.165, 1.54) is 31.2 Å². The van der Waals surface area contributed by atoms with Crippen molar-refractivity contribution in [2.75, 3.05) is 0 Å². The zero-order chi connectivity index (χ0) is 37.4. The van der Waals surface area contributed by atoms with Crippen LogP contribution in [0.3, 0.4) is 0 Å². The molecular weight excluding hydrogens is 681 g/mol. The van der Waals surface area contributed by atoms with Crippen LogP contribution >= 0.6 is 0 Å². The minimum atomic E-state index is 0.237. The van der Waals surface area contributed by atoms with E-state index in [0.29, 0.717) is 23.0 Å². The zero-order valence-corrected chi connectivity index (χ0v) is 31.4. The highest BCUT2D eigenvalue weighted by Crippen LogP contribution is 2.67. The van der Waals surface area contributed by atoms with E-state index in [-0.39, 0.29) is 5.41 Å². The lowest BCUT2D eigenvalue weighted by molar-refractivity contribution is -0.141. The number of fused-ring (bicyclic) bond motifs is 2. The second kappa shape index (κ2) is 12.8. The van der Waals surface area contributed by atoms with Gasteiger partial charge in [0, 0.05) is 16.7 Å². The highest BCUT2D eigenvalue weighted by molar-refractivity contribution is 5.97. The van der Waals surface area contributed by atoms with Crippen molar-refractivity contribution in [1.82, 2.24) is 15.0 Å². The summed E-state index contributed by atoms with van der Waals surface area (Å²) >= 11 is 0. The molecule has 7 aromatic carbocycles. The fraction of sp³-hybridized carbons (Fsp3) is 0.192. The summed E-state index contributed by atoms with van der Waals surface area (Å²) in [5.74, 6) is 5.74. The Morgan fingerprint density at radius 2 is 1.04 bits per heavy atom. The number of aromatic nitrogens is 3. The molecule has 4 heteroatoms. The van der Waals surface area contributed by atoms with Crippen molar-refractivity contribution in [1.29, 1.82) is 5.26 Å². The Balaban J connectivity index is 1.08. The largest absolute Gasteiger partial charge is 0.208 e. The maximum absolute atomic E-state index is 9.83. The molecule has 3 aliphatic rings. The lowest BCUT2D eigenvalue weighted by Gasteiger charge is -2.65. The van der Waals surface area contributed by atoms with Crippen molar-refractivity contribution in [3.05, 3.63) is 163 Å². The van der Waals surface area contributed by atoms with Crippen LogP contribution in [-0.2, 0) is 5.41 Å². The fourth-order valence-corrected chi connectivity index (χ4v) is 10.7. The number of nitriles is 1. The van der Waals surface area contributed by atoms with E-state index in [2.05, 4.69) is 146 Å². The van der Waals surface area contributed by atoms with Gasteiger partial charge < -0.3 is 0 Å². The molecular formula is C52H40N4. The van der Waals surface area contributed by atoms with Crippen LogP contribution in [0.15, 0.2) is 152 Å². The topological polar surface area (TPSA) is 62.5 Å². The quantitative estimate of drug-likeness (QED) is 0.172. The van der Waals surface area contributed by atoms with Gasteiger partial charge in [0.1, 0.15) is 0 Å². The normalized spacial score (nSPS) is 22.1. The van der Waals surface area contributed by atoms with E-state index in [4.69, 9.17) is 15.0 Å². The first-order valence-electron chi connectivity index (χ1n) is 20.0. The lowest BCUT2D eigenvalue weighted by atomic mass is 9.39. The molecule has 3 unspecified atom stereocenters. The number of hydrogen-bond acceptors (Lipinski definition) is 4. The molecule has 0 bridgehead atoms. The highest BCUT2D eigenvalue weighted by Gasteiger charge is 2.59. The SMILES string of the molecule is CC1(c2ccc(-c3cc(-c4cccc(C#N)c4)cc(-c4nc(-c5cccc6ccccc56)nc(-c5cccc6ccccc56)n4)c3)cc2)C[C@H]2CC3C[C@@H](C1)C32. The summed E-state index contributed by atoms with van der Waals surface area (Å²) in [5.41, 5.74) is 9.36. The molecule has 0 spiro atoms. The van der Waals surface area contributed by atoms with E-state index in [1.54, 1.807) is 0 Å². The van der Waals surface area contributed by atoms with Gasteiger partial charge in [-0.3, -0.25) is 0 Å². The number of benzene rings is 7. The molecule has 4 nitrogen and oxygen atoms in total. The molecule has 268 valence electrons. The maximum Gasteiger partial charge on any atom is 0.164 e. The van der Waals surface area contributed by atoms with Crippen LogP contribution in [0.2, 0.25) is 0 Å². The molecule has 1 heterocycles. The lowest BCUT2D eigenvalue weighted by Crippen LogP contribution is -2.58. The van der Waals surface area contributed by atoms with Crippen LogP contribution in [0.5, 0.6) is 0 Å². The first-order valence-corrected chi connectivity index (χ1v) is 20.0. The number of nitrogens with zero attached hydrogens (tertiary/aromatic N) is 4. The molecule has 1 aromatic heterocycles. The minimum absolute atomic E-state index is 0.237. The van der Waals surface area contributed by atoms with E-state index >= 15 is 0 Å². The molecule has 0 radical (unpaired) electrons. The van der Waals surface area contributed by atoms with Crippen molar-refractivity contribution in [2.24, 2.45) is 23.7 Å². The van der Waals surface area contributed by atoms with E-state index in [1.807, 2.05) is 18.2 Å². The van der Waals surface area contributed by atoms with Gasteiger partial charge in [-0.15, -0.1) is 0 Å². The summed E-state index contributed by atoms with van der Waals surface area (Å²) in [7, 11) is 0. The summed E-state index contributed by atoms with van der Waals surface area (Å²) in [5, 5.41) is 14.3. The first-order chi connectivity index (χ1) is 27.5. The minimum Gasteiger partial charge on any atom is -0.208 e. The predicted molar refractivity (Wildman–Crippen MR) is 227 cm³/mol. The fourth-order valence-electron chi connectivity index (χ4n) is 10.7. The predicted octanol–water partition coefficient (Wildman–Crippen LogP) is 12.7. The Morgan fingerprint density at radius 3 is 1.64 bits per heavy atom. The van der Waals surface area contributed by atoms with Gasteiger partial charge in [0.05, 0.1) is 11.6 Å². The Labute approximate surface area is 327 Å². The summed E-state index contributed by atoms with van der Waals surface area (Å²) < 4.78 is 0. The van der Waals surface area contributed by atoms with E-state index < -0.39 is 0 Å². The van der Waals surface area contributed by atoms with Gasteiger partial charge in [0.2, 0.25) is 0 Å². The second-order valence-corrected chi connectivity index (χ2v) is 16.7. The summed E-state index contributed by atoms with van der Waals surface area (Å²) in [6.45, 7) is 2.51. The third-order valence-electron chi connectivity index (χ3n) is 13.4. The van der Waals surface area contributed by atoms with Crippen LogP contribution in [0.25, 0.3) is 78.0 Å². The van der Waals surface area contributed by atoms with E-state index in [0.717, 1.165) is 84.2 Å². The van der Waals surface area contributed by atoms with Crippen LogP contribution in [0, 0.1) is 35.0 Å². The van der Waals surface area contributed by atoms with Crippen molar-refractivity contribution >= 4 is 21.5 Å². The first kappa shape index (κ1) is 32.9. The monoisotopic (exact) mass is 720 g/mol. The van der Waals surface area contributed by atoms with Crippen molar-refractivity contribution in [3.63, 3.8) is 0 Å². The molecule has 0 saturated heterocycles. The van der Waals surface area contributed by atoms with Crippen LogP contribution in [0.4, 0.5) is 0 Å². The third kappa shape index (κ3) is 5.45. The maximum atomic E-state index is 9.83. The summed E-state index contributed by atoms with van der Waals surface area (Å²) in [4.78, 5) is 15.8. The van der Waals surface area contributed by atoms with Crippen molar-refractivity contribution < 1.29 is 0 Å². The van der Waals surface area contributed by atoms with Crippen molar-refractivity contribution in [2.45, 2.75) is 38.0 Å². The van der Waals surface area contributed by atoms with Crippen LogP contribution in [-0.4, -0.2) is 15.0 Å². The number of hydrogen-bond donors (Lipinski definition) is 0. The third-order valence-corrected chi connectivity index (χ3v) is 13.4. The Kier molecular flexibility index (Phi) is 7.54. The Bertz CT molecular complexity index is 2760. The Hall–Kier alpha value is -6.44. The average Bonchev–Trinajstić information content (AvgIpc) is 3.24. The van der Waals surface area contributed by atoms with Crippen LogP contribution in [0.1, 0.15) is 43.7 Å². The molecule has 8 aromatic rings. The van der Waals surface area contributed by atoms with Crippen molar-refractivity contribution in [3.8, 4) is 62.5 Å². The molecule has 0 amide bonds. The molecule has 5 atom stereocenters. The molecule has 0 aliphatic heterocycles. The smallest absolute Gasteiger partial charge is 0.164 e. The van der Waals surface area contributed by atoms with Gasteiger partial charge in [-0.05, 0) is 134 Å². The van der Waals surface area contributed by atoms with Gasteiger partial charge in [0.25, 0.3) is 0 Å². The van der Waals surface area contributed by atoms with Gasteiger partial charge >= 0.3 is 0 Å². The molecule has 56 heavy (non-hydrogen) atoms. The van der Waals surface area contributed by atoms with Gasteiger partial charge in [0.15, 0.2) is 17.5 Å². The molecule has 11 rings (SSSR count). The Morgan fingerprint density at radius 1 is 0.500 bits per heavy atom. The van der Waals surface area contributed by atoms with Gasteiger partial charge in [-0.25, -0.2) is 15.0 Å².